The first-order valence-electron chi connectivity index (χ1n) is 18.0. The van der Waals surface area contributed by atoms with Crippen molar-refractivity contribution in [3.63, 3.8) is 0 Å². The molecule has 0 heterocycles. The van der Waals surface area contributed by atoms with Crippen LogP contribution in [0.5, 0.6) is 0 Å². The molecule has 0 rings (SSSR count). The van der Waals surface area contributed by atoms with E-state index in [1.165, 1.54) is 154 Å². The first-order valence-corrected chi connectivity index (χ1v) is 18.0. The van der Waals surface area contributed by atoms with E-state index in [4.69, 9.17) is 4.74 Å². The molecule has 0 spiro atoms. The highest BCUT2D eigenvalue weighted by molar-refractivity contribution is 5.69. The third kappa shape index (κ3) is 33.5. The van der Waals surface area contributed by atoms with Gasteiger partial charge in [0.2, 0.25) is 0 Å². The van der Waals surface area contributed by atoms with Gasteiger partial charge in [-0.2, -0.15) is 0 Å². The molecule has 0 aromatic carbocycles. The van der Waals surface area contributed by atoms with Crippen molar-refractivity contribution in [2.45, 2.75) is 219 Å². The smallest absolute Gasteiger partial charge is 0.305 e. The summed E-state index contributed by atoms with van der Waals surface area (Å²) in [5.74, 6) is -0.0554. The van der Waals surface area contributed by atoms with Crippen LogP contribution in [0.4, 0.5) is 0 Å². The fourth-order valence-corrected chi connectivity index (χ4v) is 5.57. The Morgan fingerprint density at radius 2 is 0.769 bits per heavy atom. The quantitative estimate of drug-likeness (QED) is 0.0650. The van der Waals surface area contributed by atoms with Gasteiger partial charge >= 0.3 is 5.97 Å². The number of esters is 1. The molecule has 0 aromatic rings. The van der Waals surface area contributed by atoms with E-state index in [1.54, 1.807) is 0 Å². The predicted molar refractivity (Wildman–Crippen MR) is 171 cm³/mol. The van der Waals surface area contributed by atoms with Gasteiger partial charge < -0.3 is 9.84 Å². The van der Waals surface area contributed by atoms with Gasteiger partial charge in [0, 0.05) is 6.42 Å². The van der Waals surface area contributed by atoms with Crippen molar-refractivity contribution >= 4 is 5.97 Å². The number of aliphatic hydroxyl groups is 1. The van der Waals surface area contributed by atoms with Crippen molar-refractivity contribution < 1.29 is 14.6 Å². The highest BCUT2D eigenvalue weighted by atomic mass is 16.5. The second kappa shape index (κ2) is 33.6. The minimum atomic E-state index is -0.194. The summed E-state index contributed by atoms with van der Waals surface area (Å²) in [6, 6.07) is 0. The Morgan fingerprint density at radius 3 is 1.15 bits per heavy atom. The van der Waals surface area contributed by atoms with E-state index in [-0.39, 0.29) is 12.1 Å². The van der Waals surface area contributed by atoms with Crippen molar-refractivity contribution in [1.82, 2.24) is 0 Å². The summed E-state index contributed by atoms with van der Waals surface area (Å²) in [4.78, 5) is 11.9. The molecule has 0 bridgehead atoms. The minimum absolute atomic E-state index is 0.0554. The Morgan fingerprint density at radius 1 is 0.462 bits per heavy atom. The van der Waals surface area contributed by atoms with Crippen LogP contribution in [0.2, 0.25) is 0 Å². The Labute approximate surface area is 246 Å². The number of rotatable bonds is 33. The second-order valence-electron chi connectivity index (χ2n) is 12.4. The van der Waals surface area contributed by atoms with Crippen LogP contribution in [0, 0.1) is 0 Å². The third-order valence-electron chi connectivity index (χ3n) is 8.32. The highest BCUT2D eigenvalue weighted by Crippen LogP contribution is 2.16. The van der Waals surface area contributed by atoms with E-state index in [0.717, 1.165) is 38.5 Å². The normalized spacial score (nSPS) is 12.2. The summed E-state index contributed by atoms with van der Waals surface area (Å²) in [6.07, 6.45) is 38.9. The van der Waals surface area contributed by atoms with Gasteiger partial charge in [-0.15, -0.1) is 0 Å². The van der Waals surface area contributed by atoms with E-state index >= 15 is 0 Å². The minimum Gasteiger partial charge on any atom is -0.466 e. The van der Waals surface area contributed by atoms with E-state index in [9.17, 15) is 9.90 Å². The molecule has 0 aromatic heterocycles. The predicted octanol–water partition coefficient (Wildman–Crippen LogP) is 12.0. The third-order valence-corrected chi connectivity index (χ3v) is 8.32. The van der Waals surface area contributed by atoms with E-state index in [2.05, 4.69) is 13.8 Å². The zero-order valence-electron chi connectivity index (χ0n) is 27.0. The van der Waals surface area contributed by atoms with Gasteiger partial charge in [0.25, 0.3) is 0 Å². The summed E-state index contributed by atoms with van der Waals surface area (Å²) in [5.41, 5.74) is 0. The number of carbonyl (C=O) groups excluding carboxylic acids is 1. The van der Waals surface area contributed by atoms with Gasteiger partial charge in [0.05, 0.1) is 12.7 Å². The SMILES string of the molecule is CCCCCCCCCCCCCCCCCCOC(=O)CCCCC(O)CCCCCCCCCCCC. The van der Waals surface area contributed by atoms with Gasteiger partial charge in [-0.1, -0.05) is 181 Å². The lowest BCUT2D eigenvalue weighted by Crippen LogP contribution is -2.08. The molecule has 1 N–H and O–H groups in total. The van der Waals surface area contributed by atoms with Crippen LogP contribution in [0.1, 0.15) is 213 Å². The van der Waals surface area contributed by atoms with Gasteiger partial charge in [-0.3, -0.25) is 4.79 Å². The molecule has 3 heteroatoms. The molecule has 0 radical (unpaired) electrons. The molecule has 234 valence electrons. The molecule has 0 saturated heterocycles. The molecule has 3 nitrogen and oxygen atoms in total. The molecule has 0 aliphatic heterocycles. The summed E-state index contributed by atoms with van der Waals surface area (Å²) < 4.78 is 5.41. The molecular formula is C36H72O3. The Balaban J connectivity index is 3.25. The number of hydrogen-bond donors (Lipinski definition) is 1. The lowest BCUT2D eigenvalue weighted by atomic mass is 10.0. The molecule has 0 amide bonds. The molecule has 1 unspecified atom stereocenters. The van der Waals surface area contributed by atoms with Crippen LogP contribution in [0.3, 0.4) is 0 Å². The molecule has 39 heavy (non-hydrogen) atoms. The number of ether oxygens (including phenoxy) is 1. The number of hydrogen-bond acceptors (Lipinski definition) is 3. The van der Waals surface area contributed by atoms with Crippen molar-refractivity contribution in [1.29, 1.82) is 0 Å². The van der Waals surface area contributed by atoms with Crippen LogP contribution >= 0.6 is 0 Å². The first-order chi connectivity index (χ1) is 19.2. The molecule has 1 atom stereocenters. The molecule has 0 saturated carbocycles. The molecule has 0 aliphatic rings. The van der Waals surface area contributed by atoms with Crippen molar-refractivity contribution in [3.05, 3.63) is 0 Å². The molecular weight excluding hydrogens is 480 g/mol. The average Bonchev–Trinajstić information content (AvgIpc) is 2.93. The highest BCUT2D eigenvalue weighted by Gasteiger charge is 2.07. The first kappa shape index (κ1) is 38.4. The molecule has 0 fully saturated rings. The van der Waals surface area contributed by atoms with Crippen LogP contribution in [0.25, 0.3) is 0 Å². The topological polar surface area (TPSA) is 46.5 Å². The van der Waals surface area contributed by atoms with E-state index < -0.39 is 0 Å². The average molecular weight is 553 g/mol. The lowest BCUT2D eigenvalue weighted by Gasteiger charge is -2.10. The molecule has 0 aliphatic carbocycles. The van der Waals surface area contributed by atoms with Gasteiger partial charge in [0.15, 0.2) is 0 Å². The van der Waals surface area contributed by atoms with Gasteiger partial charge in [0.1, 0.15) is 0 Å². The Bertz CT molecular complexity index is 464. The zero-order valence-corrected chi connectivity index (χ0v) is 27.0. The van der Waals surface area contributed by atoms with Crippen LogP contribution in [0.15, 0.2) is 0 Å². The van der Waals surface area contributed by atoms with E-state index in [0.29, 0.717) is 13.0 Å². The fourth-order valence-electron chi connectivity index (χ4n) is 5.57. The van der Waals surface area contributed by atoms with Crippen molar-refractivity contribution in [3.8, 4) is 0 Å². The maximum Gasteiger partial charge on any atom is 0.305 e. The van der Waals surface area contributed by atoms with Crippen LogP contribution < -0.4 is 0 Å². The monoisotopic (exact) mass is 553 g/mol. The van der Waals surface area contributed by atoms with Crippen molar-refractivity contribution in [2.75, 3.05) is 6.61 Å². The van der Waals surface area contributed by atoms with E-state index in [1.807, 2.05) is 0 Å². The van der Waals surface area contributed by atoms with Gasteiger partial charge in [-0.25, -0.2) is 0 Å². The lowest BCUT2D eigenvalue weighted by molar-refractivity contribution is -0.143. The summed E-state index contributed by atoms with van der Waals surface area (Å²) >= 11 is 0. The summed E-state index contributed by atoms with van der Waals surface area (Å²) in [5, 5.41) is 10.2. The maximum absolute atomic E-state index is 11.9. The summed E-state index contributed by atoms with van der Waals surface area (Å²) in [7, 11) is 0. The zero-order chi connectivity index (χ0) is 28.5. The fraction of sp³-hybridized carbons (Fsp3) is 0.972. The van der Waals surface area contributed by atoms with Crippen LogP contribution in [-0.4, -0.2) is 23.8 Å². The van der Waals surface area contributed by atoms with Crippen molar-refractivity contribution in [2.24, 2.45) is 0 Å². The Kier molecular flexibility index (Phi) is 33.1. The second-order valence-corrected chi connectivity index (χ2v) is 12.4. The van der Waals surface area contributed by atoms with Gasteiger partial charge in [-0.05, 0) is 25.7 Å². The van der Waals surface area contributed by atoms with Crippen LogP contribution in [-0.2, 0) is 9.53 Å². The largest absolute Gasteiger partial charge is 0.466 e. The number of carbonyl (C=O) groups is 1. The number of aliphatic hydroxyl groups excluding tert-OH is 1. The maximum atomic E-state index is 11.9. The Hall–Kier alpha value is -0.570. The summed E-state index contributed by atoms with van der Waals surface area (Å²) in [6.45, 7) is 5.14. The standard InChI is InChI=1S/C36H72O3/c1-3-5-7-9-11-13-15-16-17-18-19-20-22-24-26-30-34-39-36(38)33-29-28-32-35(37)31-27-25-23-21-14-12-10-8-6-4-2/h35,37H,3-34H2,1-2H3. The number of unbranched alkanes of at least 4 members (excludes halogenated alkanes) is 25.